The Morgan fingerprint density at radius 1 is 0.358 bits per heavy atom. The largest absolute Gasteiger partial charge is 0.454 e. The SMILES string of the molecule is c1ccc(-c2ccc(N(c3ccc(-c4cc5ccccc5cn4)cc3)c3cc(-c4ccc5c6ccccc6n(-c6cccc(-c7ccccc7)c6)c5c4)cc4c3oc3ccccc34)cc2)cc1. The van der Waals surface area contributed by atoms with Crippen LogP contribution < -0.4 is 4.90 Å². The van der Waals surface area contributed by atoms with Gasteiger partial charge in [-0.1, -0.05) is 170 Å². The highest BCUT2D eigenvalue weighted by atomic mass is 16.3. The molecule has 0 N–H and O–H groups in total. The van der Waals surface area contributed by atoms with Gasteiger partial charge in [-0.05, 0) is 112 Å². The van der Waals surface area contributed by atoms with Gasteiger partial charge in [0.15, 0.2) is 5.58 Å². The summed E-state index contributed by atoms with van der Waals surface area (Å²) in [6, 6.07) is 86.9. The maximum atomic E-state index is 6.90. The van der Waals surface area contributed by atoms with Gasteiger partial charge < -0.3 is 13.9 Å². The van der Waals surface area contributed by atoms with E-state index < -0.39 is 0 Å². The molecule has 67 heavy (non-hydrogen) atoms. The molecule has 0 bridgehead atoms. The van der Waals surface area contributed by atoms with E-state index in [2.05, 4.69) is 246 Å². The number of hydrogen-bond donors (Lipinski definition) is 0. The second-order valence-corrected chi connectivity index (χ2v) is 17.2. The second kappa shape index (κ2) is 15.9. The number of aromatic nitrogens is 2. The molecule has 0 unspecified atom stereocenters. The summed E-state index contributed by atoms with van der Waals surface area (Å²) in [5, 5.41) is 6.85. The molecule has 10 aromatic carbocycles. The van der Waals surface area contributed by atoms with Gasteiger partial charge in [-0.2, -0.15) is 0 Å². The van der Waals surface area contributed by atoms with Gasteiger partial charge in [-0.3, -0.25) is 4.98 Å². The summed E-state index contributed by atoms with van der Waals surface area (Å²) in [5.74, 6) is 0. The Bertz CT molecular complexity index is 3960. The minimum atomic E-state index is 0.824. The highest BCUT2D eigenvalue weighted by Crippen LogP contribution is 2.46. The quantitative estimate of drug-likeness (QED) is 0.153. The van der Waals surface area contributed by atoms with E-state index in [1.165, 1.54) is 38.4 Å². The van der Waals surface area contributed by atoms with Crippen molar-refractivity contribution in [1.29, 1.82) is 0 Å². The fraction of sp³-hybridized carbons (Fsp3) is 0. The lowest BCUT2D eigenvalue weighted by Crippen LogP contribution is -2.10. The van der Waals surface area contributed by atoms with Crippen molar-refractivity contribution in [2.75, 3.05) is 4.90 Å². The van der Waals surface area contributed by atoms with Gasteiger partial charge in [-0.15, -0.1) is 0 Å². The van der Waals surface area contributed by atoms with Crippen molar-refractivity contribution in [3.05, 3.63) is 249 Å². The number of fused-ring (bicyclic) bond motifs is 7. The van der Waals surface area contributed by atoms with Crippen LogP contribution in [-0.4, -0.2) is 9.55 Å². The topological polar surface area (TPSA) is 34.2 Å². The average Bonchev–Trinajstić information content (AvgIpc) is 3.95. The Balaban J connectivity index is 1.01. The molecule has 0 atom stereocenters. The van der Waals surface area contributed by atoms with Gasteiger partial charge >= 0.3 is 0 Å². The third-order valence-electron chi connectivity index (χ3n) is 13.2. The lowest BCUT2D eigenvalue weighted by molar-refractivity contribution is 0.669. The zero-order valence-electron chi connectivity index (χ0n) is 36.4. The van der Waals surface area contributed by atoms with Crippen LogP contribution in [0.1, 0.15) is 0 Å². The molecule has 13 rings (SSSR count). The molecule has 0 spiro atoms. The zero-order chi connectivity index (χ0) is 44.3. The summed E-state index contributed by atoms with van der Waals surface area (Å²) in [5.41, 5.74) is 17.0. The fourth-order valence-corrected chi connectivity index (χ4v) is 9.91. The summed E-state index contributed by atoms with van der Waals surface area (Å²) in [7, 11) is 0. The lowest BCUT2D eigenvalue weighted by Gasteiger charge is -2.26. The molecule has 0 aliphatic heterocycles. The highest BCUT2D eigenvalue weighted by Gasteiger charge is 2.23. The average molecular weight is 856 g/mol. The number of nitrogens with zero attached hydrogens (tertiary/aromatic N) is 3. The Labute approximate surface area is 387 Å². The van der Waals surface area contributed by atoms with Crippen molar-refractivity contribution in [1.82, 2.24) is 9.55 Å². The smallest absolute Gasteiger partial charge is 0.159 e. The molecule has 3 heterocycles. The van der Waals surface area contributed by atoms with E-state index in [4.69, 9.17) is 9.40 Å². The van der Waals surface area contributed by atoms with Crippen molar-refractivity contribution < 1.29 is 4.42 Å². The van der Waals surface area contributed by atoms with E-state index in [1.54, 1.807) is 0 Å². The number of pyridine rings is 1. The maximum Gasteiger partial charge on any atom is 0.159 e. The summed E-state index contributed by atoms with van der Waals surface area (Å²) in [4.78, 5) is 7.20. The summed E-state index contributed by atoms with van der Waals surface area (Å²) in [6.07, 6.45) is 1.96. The van der Waals surface area contributed by atoms with E-state index in [1.807, 2.05) is 12.3 Å². The molecule has 0 aliphatic rings. The van der Waals surface area contributed by atoms with Crippen LogP contribution in [0.4, 0.5) is 17.1 Å². The fourth-order valence-electron chi connectivity index (χ4n) is 9.91. The number of para-hydroxylation sites is 2. The van der Waals surface area contributed by atoms with E-state index >= 15 is 0 Å². The van der Waals surface area contributed by atoms with E-state index in [0.29, 0.717) is 0 Å². The zero-order valence-corrected chi connectivity index (χ0v) is 36.4. The number of hydrogen-bond acceptors (Lipinski definition) is 3. The van der Waals surface area contributed by atoms with Crippen molar-refractivity contribution in [3.8, 4) is 50.3 Å². The molecule has 4 heteroatoms. The van der Waals surface area contributed by atoms with Crippen LogP contribution in [0.3, 0.4) is 0 Å². The van der Waals surface area contributed by atoms with Crippen LogP contribution in [0.2, 0.25) is 0 Å². The Morgan fingerprint density at radius 3 is 1.72 bits per heavy atom. The molecular formula is C63H41N3O. The monoisotopic (exact) mass is 855 g/mol. The first-order valence-corrected chi connectivity index (χ1v) is 22.8. The van der Waals surface area contributed by atoms with Gasteiger partial charge in [0.2, 0.25) is 0 Å². The van der Waals surface area contributed by atoms with Crippen LogP contribution in [0.25, 0.3) is 105 Å². The standard InChI is InChI=1S/C63H41N3O/c1-3-14-42(15-4-1)44-26-31-51(32-27-44)65(52-33-28-45(29-34-52)58-38-47-18-7-8-19-49(47)41-64-58)61-40-50(37-57-56-23-10-12-25-62(56)67-63(57)61)48-30-35-55-54-22-9-11-24-59(54)66(60(55)39-48)53-21-13-20-46(36-53)43-16-5-2-6-17-43/h1-41H. The van der Waals surface area contributed by atoms with Gasteiger partial charge in [0.05, 0.1) is 22.4 Å². The van der Waals surface area contributed by atoms with Crippen molar-refractivity contribution >= 4 is 71.6 Å². The number of anilines is 3. The Hall–Kier alpha value is -8.99. The number of furan rings is 1. The number of benzene rings is 10. The van der Waals surface area contributed by atoms with Crippen LogP contribution in [-0.2, 0) is 0 Å². The second-order valence-electron chi connectivity index (χ2n) is 17.2. The molecule has 0 aliphatic carbocycles. The predicted octanol–water partition coefficient (Wildman–Crippen LogP) is 17.4. The normalized spacial score (nSPS) is 11.6. The van der Waals surface area contributed by atoms with Crippen LogP contribution >= 0.6 is 0 Å². The first-order valence-electron chi connectivity index (χ1n) is 22.8. The van der Waals surface area contributed by atoms with Crippen molar-refractivity contribution in [2.45, 2.75) is 0 Å². The first kappa shape index (κ1) is 38.5. The third kappa shape index (κ3) is 6.74. The van der Waals surface area contributed by atoms with E-state index in [0.717, 1.165) is 83.5 Å². The number of rotatable bonds is 8. The van der Waals surface area contributed by atoms with Crippen LogP contribution in [0, 0.1) is 0 Å². The van der Waals surface area contributed by atoms with Gasteiger partial charge in [0.1, 0.15) is 5.58 Å². The molecule has 13 aromatic rings. The van der Waals surface area contributed by atoms with Crippen LogP contribution in [0.15, 0.2) is 253 Å². The molecule has 0 amide bonds. The van der Waals surface area contributed by atoms with Crippen LogP contribution in [0.5, 0.6) is 0 Å². The van der Waals surface area contributed by atoms with Crippen molar-refractivity contribution in [3.63, 3.8) is 0 Å². The molecule has 0 saturated heterocycles. The molecular weight excluding hydrogens is 815 g/mol. The molecule has 0 radical (unpaired) electrons. The maximum absolute atomic E-state index is 6.90. The van der Waals surface area contributed by atoms with Gasteiger partial charge in [0.25, 0.3) is 0 Å². The first-order chi connectivity index (χ1) is 33.2. The van der Waals surface area contributed by atoms with Crippen molar-refractivity contribution in [2.24, 2.45) is 0 Å². The Morgan fingerprint density at radius 2 is 0.940 bits per heavy atom. The molecule has 0 saturated carbocycles. The highest BCUT2D eigenvalue weighted by molar-refractivity contribution is 6.14. The molecule has 3 aromatic heterocycles. The summed E-state index contributed by atoms with van der Waals surface area (Å²) < 4.78 is 9.32. The van der Waals surface area contributed by atoms with Gasteiger partial charge in [0, 0.05) is 55.8 Å². The molecule has 314 valence electrons. The van der Waals surface area contributed by atoms with Gasteiger partial charge in [-0.25, -0.2) is 0 Å². The molecule has 4 nitrogen and oxygen atoms in total. The summed E-state index contributed by atoms with van der Waals surface area (Å²) in [6.45, 7) is 0. The van der Waals surface area contributed by atoms with E-state index in [-0.39, 0.29) is 0 Å². The lowest BCUT2D eigenvalue weighted by atomic mass is 9.99. The minimum Gasteiger partial charge on any atom is -0.454 e. The Kier molecular flexibility index (Phi) is 9.14. The summed E-state index contributed by atoms with van der Waals surface area (Å²) >= 11 is 0. The van der Waals surface area contributed by atoms with E-state index in [9.17, 15) is 0 Å². The minimum absolute atomic E-state index is 0.824. The molecule has 0 fully saturated rings. The third-order valence-corrected chi connectivity index (χ3v) is 13.2. The predicted molar refractivity (Wildman–Crippen MR) is 280 cm³/mol.